The van der Waals surface area contributed by atoms with E-state index in [1.54, 1.807) is 0 Å². The van der Waals surface area contributed by atoms with E-state index in [-0.39, 0.29) is 6.42 Å². The summed E-state index contributed by atoms with van der Waals surface area (Å²) < 4.78 is 0. The van der Waals surface area contributed by atoms with Crippen LogP contribution in [-0.2, 0) is 17.6 Å². The highest BCUT2D eigenvalue weighted by Gasteiger charge is 2.25. The highest BCUT2D eigenvalue weighted by molar-refractivity contribution is 6.30. The molecular formula is C23H25ClN2O3. The van der Waals surface area contributed by atoms with Crippen molar-refractivity contribution in [3.63, 3.8) is 0 Å². The number of aliphatic hydroxyl groups is 1. The van der Waals surface area contributed by atoms with Crippen molar-refractivity contribution in [3.05, 3.63) is 69.5 Å². The highest BCUT2D eigenvalue weighted by Crippen LogP contribution is 2.38. The van der Waals surface area contributed by atoms with Crippen molar-refractivity contribution in [2.24, 2.45) is 0 Å². The second-order valence-electron chi connectivity index (χ2n) is 7.78. The number of pyridine rings is 1. The zero-order chi connectivity index (χ0) is 20.4. The number of nitrogens with zero attached hydrogens (tertiary/aromatic N) is 2. The van der Waals surface area contributed by atoms with Crippen LogP contribution in [0.5, 0.6) is 0 Å². The van der Waals surface area contributed by atoms with Crippen molar-refractivity contribution < 1.29 is 15.0 Å². The Hall–Kier alpha value is -2.21. The predicted octanol–water partition coefficient (Wildman–Crippen LogP) is 3.57. The molecule has 2 aliphatic rings. The molecule has 0 amide bonds. The molecule has 1 fully saturated rings. The molecule has 0 spiro atoms. The van der Waals surface area contributed by atoms with Crippen LogP contribution in [0.2, 0.25) is 5.02 Å². The van der Waals surface area contributed by atoms with Crippen LogP contribution in [0.1, 0.15) is 41.6 Å². The molecule has 1 aliphatic heterocycles. The Morgan fingerprint density at radius 2 is 1.90 bits per heavy atom. The van der Waals surface area contributed by atoms with Crippen LogP contribution in [0.25, 0.3) is 5.57 Å². The van der Waals surface area contributed by atoms with Gasteiger partial charge in [0.05, 0.1) is 5.69 Å². The minimum absolute atomic E-state index is 0.257. The summed E-state index contributed by atoms with van der Waals surface area (Å²) in [5.74, 6) is -1.15. The van der Waals surface area contributed by atoms with Gasteiger partial charge in [-0.15, -0.1) is 0 Å². The standard InChI is InChI=1S/C23H25ClN2O3/c24-18-5-6-19-17(14-18)4-3-16-2-1-10-25-22(16)21(19)15-7-11-26(12-8-15)13-9-20(27)23(28)29/h1-2,5-6,10,14,20,27H,3-4,7-9,11-13H2,(H,28,29)/t20-/m0/s1. The van der Waals surface area contributed by atoms with Crippen LogP contribution < -0.4 is 0 Å². The van der Waals surface area contributed by atoms with Crippen LogP contribution in [-0.4, -0.2) is 51.8 Å². The van der Waals surface area contributed by atoms with E-state index in [0.29, 0.717) is 6.54 Å². The van der Waals surface area contributed by atoms with Gasteiger partial charge >= 0.3 is 5.97 Å². The summed E-state index contributed by atoms with van der Waals surface area (Å²) in [6, 6.07) is 10.3. The molecule has 1 saturated heterocycles. The highest BCUT2D eigenvalue weighted by atomic mass is 35.5. The van der Waals surface area contributed by atoms with E-state index in [9.17, 15) is 9.90 Å². The van der Waals surface area contributed by atoms with E-state index in [2.05, 4.69) is 23.1 Å². The van der Waals surface area contributed by atoms with E-state index in [4.69, 9.17) is 21.7 Å². The number of hydrogen-bond donors (Lipinski definition) is 2. The summed E-state index contributed by atoms with van der Waals surface area (Å²) in [4.78, 5) is 17.8. The number of hydrogen-bond acceptors (Lipinski definition) is 4. The SMILES string of the molecule is O=C(O)[C@@H](O)CCN1CCC(=C2c3ccc(Cl)cc3CCc3cccnc32)CC1. The normalized spacial score (nSPS) is 18.0. The molecule has 1 atom stereocenters. The van der Waals surface area contributed by atoms with Crippen LogP contribution in [0.3, 0.4) is 0 Å². The molecule has 1 aliphatic carbocycles. The van der Waals surface area contributed by atoms with Gasteiger partial charge in [-0.2, -0.15) is 0 Å². The van der Waals surface area contributed by atoms with E-state index >= 15 is 0 Å². The molecule has 2 N–H and O–H groups in total. The molecule has 0 radical (unpaired) electrons. The fourth-order valence-corrected chi connectivity index (χ4v) is 4.55. The van der Waals surface area contributed by atoms with Crippen LogP contribution in [0, 0.1) is 0 Å². The number of carbonyl (C=O) groups is 1. The average Bonchev–Trinajstić information content (AvgIpc) is 2.89. The lowest BCUT2D eigenvalue weighted by Crippen LogP contribution is -2.35. The second kappa shape index (κ2) is 8.66. The number of rotatable bonds is 4. The van der Waals surface area contributed by atoms with Crippen LogP contribution >= 0.6 is 11.6 Å². The summed E-state index contributed by atoms with van der Waals surface area (Å²) in [6.45, 7) is 2.31. The lowest BCUT2D eigenvalue weighted by Gasteiger charge is -2.30. The lowest BCUT2D eigenvalue weighted by molar-refractivity contribution is -0.147. The number of halogens is 1. The Kier molecular flexibility index (Phi) is 5.99. The molecule has 2 heterocycles. The molecular weight excluding hydrogens is 388 g/mol. The number of fused-ring (bicyclic) bond motifs is 2. The van der Waals surface area contributed by atoms with Crippen LogP contribution in [0.4, 0.5) is 0 Å². The monoisotopic (exact) mass is 412 g/mol. The number of aliphatic hydroxyl groups excluding tert-OH is 1. The Balaban J connectivity index is 1.62. The van der Waals surface area contributed by atoms with Crippen LogP contribution in [0.15, 0.2) is 42.1 Å². The van der Waals surface area contributed by atoms with Gasteiger partial charge in [0.1, 0.15) is 0 Å². The Morgan fingerprint density at radius 3 is 2.66 bits per heavy atom. The fourth-order valence-electron chi connectivity index (χ4n) is 4.36. The zero-order valence-electron chi connectivity index (χ0n) is 16.3. The van der Waals surface area contributed by atoms with Gasteiger partial charge in [0.15, 0.2) is 6.10 Å². The van der Waals surface area contributed by atoms with Crippen molar-refractivity contribution in [1.82, 2.24) is 9.88 Å². The number of piperidine rings is 1. The maximum absolute atomic E-state index is 10.8. The first kappa shape index (κ1) is 20.1. The summed E-state index contributed by atoms with van der Waals surface area (Å²) in [5, 5.41) is 19.2. The number of aliphatic carboxylic acids is 1. The first-order chi connectivity index (χ1) is 14.0. The first-order valence-electron chi connectivity index (χ1n) is 10.1. The minimum atomic E-state index is -1.29. The average molecular weight is 413 g/mol. The summed E-state index contributed by atoms with van der Waals surface area (Å²) in [5.41, 5.74) is 7.50. The molecule has 0 bridgehead atoms. The molecule has 29 heavy (non-hydrogen) atoms. The number of benzene rings is 1. The second-order valence-corrected chi connectivity index (χ2v) is 8.21. The third-order valence-electron chi connectivity index (χ3n) is 5.95. The topological polar surface area (TPSA) is 73.7 Å². The molecule has 0 unspecified atom stereocenters. The van der Waals surface area contributed by atoms with Gasteiger partial charge in [-0.3, -0.25) is 4.98 Å². The van der Waals surface area contributed by atoms with E-state index < -0.39 is 12.1 Å². The molecule has 4 rings (SSSR count). The minimum Gasteiger partial charge on any atom is -0.479 e. The maximum Gasteiger partial charge on any atom is 0.332 e. The first-order valence-corrected chi connectivity index (χ1v) is 10.5. The molecule has 1 aromatic carbocycles. The van der Waals surface area contributed by atoms with Crippen molar-refractivity contribution in [2.75, 3.05) is 19.6 Å². The van der Waals surface area contributed by atoms with Gasteiger partial charge in [0.2, 0.25) is 0 Å². The number of aryl methyl sites for hydroxylation is 2. The number of likely N-dealkylation sites (tertiary alicyclic amines) is 1. The van der Waals surface area contributed by atoms with E-state index in [1.165, 1.54) is 27.8 Å². The van der Waals surface area contributed by atoms with Gasteiger partial charge in [-0.05, 0) is 67.0 Å². The molecule has 5 nitrogen and oxygen atoms in total. The predicted molar refractivity (Wildman–Crippen MR) is 113 cm³/mol. The van der Waals surface area contributed by atoms with E-state index in [1.807, 2.05) is 18.3 Å². The summed E-state index contributed by atoms with van der Waals surface area (Å²) >= 11 is 6.28. The Bertz CT molecular complexity index is 947. The molecule has 0 saturated carbocycles. The smallest absolute Gasteiger partial charge is 0.332 e. The molecule has 2 aromatic rings. The largest absolute Gasteiger partial charge is 0.479 e. The van der Waals surface area contributed by atoms with Crippen molar-refractivity contribution >= 4 is 23.1 Å². The summed E-state index contributed by atoms with van der Waals surface area (Å²) in [6.07, 6.45) is 4.56. The number of carboxylic acid groups (broad SMARTS) is 1. The lowest BCUT2D eigenvalue weighted by atomic mass is 9.88. The van der Waals surface area contributed by atoms with Gasteiger partial charge < -0.3 is 15.1 Å². The Morgan fingerprint density at radius 1 is 1.14 bits per heavy atom. The maximum atomic E-state index is 10.8. The fraction of sp³-hybridized carbons (Fsp3) is 0.391. The third kappa shape index (κ3) is 4.37. The molecule has 1 aromatic heterocycles. The van der Waals surface area contributed by atoms with Gasteiger partial charge in [0.25, 0.3) is 0 Å². The number of carboxylic acids is 1. The van der Waals surface area contributed by atoms with E-state index in [0.717, 1.165) is 49.5 Å². The van der Waals surface area contributed by atoms with Gasteiger partial charge in [0, 0.05) is 36.4 Å². The summed E-state index contributed by atoms with van der Waals surface area (Å²) in [7, 11) is 0. The molecule has 6 heteroatoms. The molecule has 152 valence electrons. The van der Waals surface area contributed by atoms with Crippen molar-refractivity contribution in [3.8, 4) is 0 Å². The van der Waals surface area contributed by atoms with Crippen molar-refractivity contribution in [2.45, 2.75) is 38.2 Å². The Labute approximate surface area is 175 Å². The number of aromatic nitrogens is 1. The quantitative estimate of drug-likeness (QED) is 0.803. The van der Waals surface area contributed by atoms with Gasteiger partial charge in [-0.25, -0.2) is 4.79 Å². The zero-order valence-corrected chi connectivity index (χ0v) is 17.0. The third-order valence-corrected chi connectivity index (χ3v) is 6.18. The van der Waals surface area contributed by atoms with Gasteiger partial charge in [-0.1, -0.05) is 29.3 Å². The van der Waals surface area contributed by atoms with Crippen molar-refractivity contribution in [1.29, 1.82) is 0 Å².